The first-order valence-electron chi connectivity index (χ1n) is 14.4. The number of halogens is 1. The number of anilines is 1. The molecule has 0 fully saturated rings. The first kappa shape index (κ1) is 32.4. The second-order valence-corrected chi connectivity index (χ2v) is 11.5. The van der Waals surface area contributed by atoms with Gasteiger partial charge in [-0.05, 0) is 121 Å². The molecule has 0 aliphatic carbocycles. The van der Waals surface area contributed by atoms with Gasteiger partial charge in [-0.15, -0.1) is 0 Å². The van der Waals surface area contributed by atoms with Crippen molar-refractivity contribution in [1.82, 2.24) is 9.99 Å². The molecule has 0 aliphatic rings. The Bertz CT molecular complexity index is 1860. The number of carbonyl (C=O) groups is 2. The zero-order valence-corrected chi connectivity index (χ0v) is 28.0. The summed E-state index contributed by atoms with van der Waals surface area (Å²) in [6, 6.07) is 26.2. The van der Waals surface area contributed by atoms with Crippen molar-refractivity contribution < 1.29 is 28.2 Å². The average Bonchev–Trinajstić information content (AvgIpc) is 3.66. The number of hydrazone groups is 1. The third-order valence-corrected chi connectivity index (χ3v) is 7.83. The topological polar surface area (TPSA) is 116 Å². The second kappa shape index (κ2) is 14.8. The molecule has 5 aromatic rings. The predicted molar refractivity (Wildman–Crippen MR) is 184 cm³/mol. The van der Waals surface area contributed by atoms with Crippen LogP contribution < -0.4 is 25.0 Å². The van der Waals surface area contributed by atoms with Gasteiger partial charge in [0.2, 0.25) is 0 Å². The van der Waals surface area contributed by atoms with Crippen LogP contribution in [0.3, 0.4) is 0 Å². The molecular formula is C35H33IN4O6. The summed E-state index contributed by atoms with van der Waals surface area (Å²) in [6.07, 6.45) is 1.48. The summed E-state index contributed by atoms with van der Waals surface area (Å²) in [6.45, 7) is 6.02. The summed E-state index contributed by atoms with van der Waals surface area (Å²) >= 11 is 2.09. The number of nitrogens with zero attached hydrogens (tertiary/aromatic N) is 2. The SMILES string of the molecule is COc1cc(/C=N/NC(=O)c2ccc(COc3ccc(-n4c(C)ccc4C)cc3)o2)cc(I)c1OCC(=O)Nc1ccccc1C. The number of benzene rings is 3. The van der Waals surface area contributed by atoms with Crippen molar-refractivity contribution in [3.05, 3.63) is 123 Å². The van der Waals surface area contributed by atoms with Gasteiger partial charge in [0.25, 0.3) is 5.91 Å². The monoisotopic (exact) mass is 732 g/mol. The maximum Gasteiger partial charge on any atom is 0.307 e. The van der Waals surface area contributed by atoms with Crippen LogP contribution in [0.4, 0.5) is 5.69 Å². The van der Waals surface area contributed by atoms with Crippen molar-refractivity contribution in [1.29, 1.82) is 0 Å². The smallest absolute Gasteiger partial charge is 0.307 e. The van der Waals surface area contributed by atoms with Gasteiger partial charge in [0, 0.05) is 22.8 Å². The molecule has 46 heavy (non-hydrogen) atoms. The summed E-state index contributed by atoms with van der Waals surface area (Å²) in [5.41, 5.74) is 8.18. The molecule has 5 rings (SSSR count). The highest BCUT2D eigenvalue weighted by molar-refractivity contribution is 14.1. The molecule has 0 aliphatic heterocycles. The lowest BCUT2D eigenvalue weighted by Gasteiger charge is -2.14. The summed E-state index contributed by atoms with van der Waals surface area (Å²) < 4.78 is 25.7. The van der Waals surface area contributed by atoms with Crippen LogP contribution in [0.5, 0.6) is 17.2 Å². The van der Waals surface area contributed by atoms with E-state index in [2.05, 4.69) is 69.0 Å². The van der Waals surface area contributed by atoms with Crippen LogP contribution in [0.25, 0.3) is 5.69 Å². The van der Waals surface area contributed by atoms with Gasteiger partial charge in [-0.3, -0.25) is 9.59 Å². The average molecular weight is 733 g/mol. The largest absolute Gasteiger partial charge is 0.493 e. The van der Waals surface area contributed by atoms with Crippen molar-refractivity contribution in [2.75, 3.05) is 19.0 Å². The Morgan fingerprint density at radius 2 is 1.67 bits per heavy atom. The van der Waals surface area contributed by atoms with Crippen LogP contribution in [-0.2, 0) is 11.4 Å². The number of hydrogen-bond acceptors (Lipinski definition) is 7. The van der Waals surface area contributed by atoms with E-state index in [0.29, 0.717) is 32.1 Å². The minimum atomic E-state index is -0.509. The van der Waals surface area contributed by atoms with Crippen molar-refractivity contribution >= 4 is 46.3 Å². The quantitative estimate of drug-likeness (QED) is 0.0814. The Kier molecular flexibility index (Phi) is 10.4. The van der Waals surface area contributed by atoms with Crippen molar-refractivity contribution in [2.24, 2.45) is 5.10 Å². The van der Waals surface area contributed by atoms with Gasteiger partial charge in [-0.2, -0.15) is 5.10 Å². The first-order valence-corrected chi connectivity index (χ1v) is 15.5. The molecule has 11 heteroatoms. The maximum atomic E-state index is 12.6. The number of carbonyl (C=O) groups excluding carboxylic acids is 2. The van der Waals surface area contributed by atoms with E-state index in [1.165, 1.54) is 13.3 Å². The van der Waals surface area contributed by atoms with E-state index in [4.69, 9.17) is 18.6 Å². The van der Waals surface area contributed by atoms with Gasteiger partial charge < -0.3 is 28.5 Å². The molecule has 2 heterocycles. The molecule has 3 aromatic carbocycles. The Balaban J connectivity index is 1.12. The van der Waals surface area contributed by atoms with Crippen LogP contribution in [-0.4, -0.2) is 36.3 Å². The lowest BCUT2D eigenvalue weighted by atomic mass is 10.2. The molecule has 0 spiro atoms. The third kappa shape index (κ3) is 7.96. The van der Waals surface area contributed by atoms with Gasteiger partial charge >= 0.3 is 5.91 Å². The lowest BCUT2D eigenvalue weighted by molar-refractivity contribution is -0.118. The molecule has 0 atom stereocenters. The van der Waals surface area contributed by atoms with E-state index in [1.807, 2.05) is 55.5 Å². The van der Waals surface area contributed by atoms with Crippen LogP contribution in [0.2, 0.25) is 0 Å². The standard InChI is InChI=1S/C35H33IN4O6/c1-22-7-5-6-8-30(22)38-33(41)21-45-34-29(36)17-25(18-32(34)43-4)19-37-39-35(42)31-16-15-28(46-31)20-44-27-13-11-26(12-14-27)40-23(2)9-10-24(40)3/h5-19H,20-21H2,1-4H3,(H,38,41)(H,39,42)/b37-19+. The van der Waals surface area contributed by atoms with E-state index in [0.717, 1.165) is 28.3 Å². The minimum absolute atomic E-state index is 0.101. The highest BCUT2D eigenvalue weighted by Crippen LogP contribution is 2.33. The number of methoxy groups -OCH3 is 1. The van der Waals surface area contributed by atoms with Crippen molar-refractivity contribution in [3.63, 3.8) is 0 Å². The molecule has 2 N–H and O–H groups in total. The van der Waals surface area contributed by atoms with E-state index in [9.17, 15) is 9.59 Å². The van der Waals surface area contributed by atoms with Crippen LogP contribution >= 0.6 is 22.6 Å². The highest BCUT2D eigenvalue weighted by atomic mass is 127. The Morgan fingerprint density at radius 3 is 2.39 bits per heavy atom. The normalized spacial score (nSPS) is 11.0. The molecule has 2 amide bonds. The summed E-state index contributed by atoms with van der Waals surface area (Å²) in [7, 11) is 1.51. The van der Waals surface area contributed by atoms with Crippen molar-refractivity contribution in [3.8, 4) is 22.9 Å². The first-order chi connectivity index (χ1) is 22.2. The van der Waals surface area contributed by atoms with Crippen LogP contribution in [0.1, 0.15) is 38.8 Å². The summed E-state index contributed by atoms with van der Waals surface area (Å²) in [5, 5.41) is 6.90. The van der Waals surface area contributed by atoms with E-state index >= 15 is 0 Å². The van der Waals surface area contributed by atoms with Crippen molar-refractivity contribution in [2.45, 2.75) is 27.4 Å². The van der Waals surface area contributed by atoms with E-state index in [-0.39, 0.29) is 24.9 Å². The third-order valence-electron chi connectivity index (χ3n) is 7.03. The Labute approximate surface area is 280 Å². The molecule has 0 bridgehead atoms. The van der Waals surface area contributed by atoms with Gasteiger partial charge in [0.1, 0.15) is 18.1 Å². The molecular weight excluding hydrogens is 699 g/mol. The number of nitrogens with one attached hydrogen (secondary N) is 2. The molecule has 0 radical (unpaired) electrons. The summed E-state index contributed by atoms with van der Waals surface area (Å²) in [5.74, 6) is 1.33. The Morgan fingerprint density at radius 1 is 0.935 bits per heavy atom. The Hall–Kier alpha value is -5.04. The zero-order chi connectivity index (χ0) is 32.6. The van der Waals surface area contributed by atoms with E-state index in [1.54, 1.807) is 24.3 Å². The fourth-order valence-electron chi connectivity index (χ4n) is 4.71. The number of aromatic nitrogens is 1. The lowest BCUT2D eigenvalue weighted by Crippen LogP contribution is -2.21. The number of amides is 2. The number of hydrogen-bond donors (Lipinski definition) is 2. The fraction of sp³-hybridized carbons (Fsp3) is 0.171. The number of furan rings is 1. The fourth-order valence-corrected chi connectivity index (χ4v) is 5.49. The second-order valence-electron chi connectivity index (χ2n) is 10.4. The van der Waals surface area contributed by atoms with E-state index < -0.39 is 5.91 Å². The number of para-hydroxylation sites is 1. The zero-order valence-electron chi connectivity index (χ0n) is 25.8. The maximum absolute atomic E-state index is 12.6. The van der Waals surface area contributed by atoms with Gasteiger partial charge in [-0.1, -0.05) is 18.2 Å². The van der Waals surface area contributed by atoms with Gasteiger partial charge in [0.05, 0.1) is 16.9 Å². The van der Waals surface area contributed by atoms with Crippen LogP contribution in [0.15, 0.2) is 94.4 Å². The molecule has 0 saturated heterocycles. The number of rotatable bonds is 12. The van der Waals surface area contributed by atoms with Gasteiger partial charge in [0.15, 0.2) is 23.9 Å². The number of ether oxygens (including phenoxy) is 3. The highest BCUT2D eigenvalue weighted by Gasteiger charge is 2.15. The molecule has 2 aromatic heterocycles. The minimum Gasteiger partial charge on any atom is -0.493 e. The molecule has 10 nitrogen and oxygen atoms in total. The van der Waals surface area contributed by atoms with Crippen LogP contribution in [0, 0.1) is 24.3 Å². The molecule has 0 saturated carbocycles. The number of aryl methyl sites for hydroxylation is 3. The molecule has 0 unspecified atom stereocenters. The predicted octanol–water partition coefficient (Wildman–Crippen LogP) is 6.97. The van der Waals surface area contributed by atoms with Gasteiger partial charge in [-0.25, -0.2) is 5.43 Å². The summed E-state index contributed by atoms with van der Waals surface area (Å²) in [4.78, 5) is 25.1. The molecule has 236 valence electrons.